The minimum Gasteiger partial charge on any atom is -0.494 e. The molecule has 0 radical (unpaired) electrons. The van der Waals surface area contributed by atoms with Crippen molar-refractivity contribution in [3.63, 3.8) is 0 Å². The van der Waals surface area contributed by atoms with Gasteiger partial charge in [-0.1, -0.05) is 0 Å². The second-order valence-corrected chi connectivity index (χ2v) is 9.84. The molecule has 0 N–H and O–H groups in total. The molecule has 1 aliphatic rings. The van der Waals surface area contributed by atoms with E-state index in [9.17, 15) is 13.2 Å². The molecule has 3 aromatic rings. The van der Waals surface area contributed by atoms with Crippen LogP contribution in [0.4, 0.5) is 0 Å². The Hall–Kier alpha value is -2.49. The number of sulfonamides is 1. The number of nitrogens with zero attached hydrogens (tertiary/aromatic N) is 3. The van der Waals surface area contributed by atoms with Crippen LogP contribution < -0.4 is 10.3 Å². The van der Waals surface area contributed by atoms with Crippen LogP contribution in [0.2, 0.25) is 0 Å². The number of benzene rings is 1. The van der Waals surface area contributed by atoms with Crippen LogP contribution in [0.5, 0.6) is 5.75 Å². The molecule has 0 amide bonds. The lowest BCUT2D eigenvalue weighted by molar-refractivity contribution is 0.340. The van der Waals surface area contributed by atoms with Crippen molar-refractivity contribution in [2.75, 3.05) is 19.7 Å². The van der Waals surface area contributed by atoms with Gasteiger partial charge < -0.3 is 9.30 Å². The van der Waals surface area contributed by atoms with Crippen molar-refractivity contribution >= 4 is 21.4 Å². The molecule has 3 heterocycles. The predicted molar refractivity (Wildman–Crippen MR) is 117 cm³/mol. The van der Waals surface area contributed by atoms with Gasteiger partial charge >= 0.3 is 0 Å². The van der Waals surface area contributed by atoms with Gasteiger partial charge in [-0.05, 0) is 50.1 Å². The van der Waals surface area contributed by atoms with Gasteiger partial charge in [0.1, 0.15) is 10.8 Å². The zero-order valence-electron chi connectivity index (χ0n) is 16.7. The zero-order valence-corrected chi connectivity index (χ0v) is 18.3. The SMILES string of the molecule is CCOc1ccc(-c2nc(Cn3cc(S(=O)(=O)N4CCCC4)ccc3=O)cs2)cc1. The summed E-state index contributed by atoms with van der Waals surface area (Å²) in [5.74, 6) is 0.806. The Bertz CT molecular complexity index is 1180. The molecule has 1 fully saturated rings. The van der Waals surface area contributed by atoms with Crippen molar-refractivity contribution in [3.05, 3.63) is 64.0 Å². The maximum Gasteiger partial charge on any atom is 0.250 e. The molecular formula is C21H23N3O4S2. The molecule has 0 atom stereocenters. The molecule has 4 rings (SSSR count). The van der Waals surface area contributed by atoms with E-state index in [-0.39, 0.29) is 17.0 Å². The van der Waals surface area contributed by atoms with Gasteiger partial charge in [0.2, 0.25) is 10.0 Å². The molecule has 0 spiro atoms. The van der Waals surface area contributed by atoms with Crippen molar-refractivity contribution in [1.29, 1.82) is 0 Å². The summed E-state index contributed by atoms with van der Waals surface area (Å²) < 4.78 is 33.9. The highest BCUT2D eigenvalue weighted by Gasteiger charge is 2.27. The van der Waals surface area contributed by atoms with Gasteiger partial charge in [-0.2, -0.15) is 4.31 Å². The van der Waals surface area contributed by atoms with Gasteiger partial charge in [0.15, 0.2) is 0 Å². The quantitative estimate of drug-likeness (QED) is 0.558. The summed E-state index contributed by atoms with van der Waals surface area (Å²) in [5.41, 5.74) is 1.42. The molecule has 1 saturated heterocycles. The number of hydrogen-bond donors (Lipinski definition) is 0. The molecular weight excluding hydrogens is 422 g/mol. The number of pyridine rings is 1. The van der Waals surface area contributed by atoms with E-state index < -0.39 is 10.0 Å². The summed E-state index contributed by atoms with van der Waals surface area (Å²) >= 11 is 1.48. The van der Waals surface area contributed by atoms with Gasteiger partial charge in [0, 0.05) is 36.3 Å². The lowest BCUT2D eigenvalue weighted by Gasteiger charge is -2.16. The number of rotatable bonds is 7. The molecule has 2 aromatic heterocycles. The molecule has 30 heavy (non-hydrogen) atoms. The van der Waals surface area contributed by atoms with Crippen molar-refractivity contribution in [3.8, 4) is 16.3 Å². The first-order valence-corrected chi connectivity index (χ1v) is 12.2. The number of ether oxygens (including phenoxy) is 1. The van der Waals surface area contributed by atoms with Crippen LogP contribution in [-0.2, 0) is 16.6 Å². The smallest absolute Gasteiger partial charge is 0.250 e. The number of thiazole rings is 1. The van der Waals surface area contributed by atoms with Crippen molar-refractivity contribution < 1.29 is 13.2 Å². The van der Waals surface area contributed by atoms with E-state index in [1.807, 2.05) is 36.6 Å². The van der Waals surface area contributed by atoms with E-state index in [0.29, 0.717) is 25.4 Å². The Labute approximate surface area is 179 Å². The Morgan fingerprint density at radius 1 is 1.10 bits per heavy atom. The lowest BCUT2D eigenvalue weighted by atomic mass is 10.2. The summed E-state index contributed by atoms with van der Waals surface area (Å²) in [6.45, 7) is 3.82. The van der Waals surface area contributed by atoms with Gasteiger partial charge in [0.25, 0.3) is 5.56 Å². The molecule has 9 heteroatoms. The molecule has 1 aliphatic heterocycles. The predicted octanol–water partition coefficient (Wildman–Crippen LogP) is 3.20. The van der Waals surface area contributed by atoms with Crippen LogP contribution in [-0.4, -0.2) is 42.0 Å². The minimum absolute atomic E-state index is 0.144. The Morgan fingerprint density at radius 2 is 1.83 bits per heavy atom. The van der Waals surface area contributed by atoms with E-state index >= 15 is 0 Å². The van der Waals surface area contributed by atoms with Gasteiger partial charge in [-0.25, -0.2) is 13.4 Å². The van der Waals surface area contributed by atoms with Crippen LogP contribution >= 0.6 is 11.3 Å². The first kappa shape index (κ1) is 20.8. The Balaban J connectivity index is 1.55. The highest BCUT2D eigenvalue weighted by atomic mass is 32.2. The topological polar surface area (TPSA) is 81.5 Å². The number of aromatic nitrogens is 2. The van der Waals surface area contributed by atoms with Crippen molar-refractivity contribution in [2.45, 2.75) is 31.2 Å². The van der Waals surface area contributed by atoms with Crippen LogP contribution in [0, 0.1) is 0 Å². The molecule has 0 aliphatic carbocycles. The molecule has 158 valence electrons. The third-order valence-corrected chi connectivity index (χ3v) is 7.78. The average Bonchev–Trinajstić information content (AvgIpc) is 3.43. The second kappa shape index (κ2) is 8.71. The van der Waals surface area contributed by atoms with E-state index in [2.05, 4.69) is 4.98 Å². The molecule has 1 aromatic carbocycles. The van der Waals surface area contributed by atoms with Gasteiger partial charge in [-0.3, -0.25) is 4.79 Å². The summed E-state index contributed by atoms with van der Waals surface area (Å²) in [7, 11) is -3.57. The van der Waals surface area contributed by atoms with Crippen molar-refractivity contribution in [2.24, 2.45) is 0 Å². The van der Waals surface area contributed by atoms with Crippen LogP contribution in [0.3, 0.4) is 0 Å². The summed E-state index contributed by atoms with van der Waals surface area (Å²) in [5, 5.41) is 2.72. The summed E-state index contributed by atoms with van der Waals surface area (Å²) in [4.78, 5) is 17.1. The molecule has 0 saturated carbocycles. The Morgan fingerprint density at radius 3 is 2.53 bits per heavy atom. The van der Waals surface area contributed by atoms with E-state index in [0.717, 1.165) is 29.2 Å². The zero-order chi connectivity index (χ0) is 21.1. The third kappa shape index (κ3) is 4.33. The highest BCUT2D eigenvalue weighted by Crippen LogP contribution is 2.26. The highest BCUT2D eigenvalue weighted by molar-refractivity contribution is 7.89. The molecule has 0 unspecified atom stereocenters. The largest absolute Gasteiger partial charge is 0.494 e. The third-order valence-electron chi connectivity index (χ3n) is 4.96. The number of hydrogen-bond acceptors (Lipinski definition) is 6. The van der Waals surface area contributed by atoms with Gasteiger partial charge in [0.05, 0.1) is 23.7 Å². The fraction of sp³-hybridized carbons (Fsp3) is 0.333. The standard InChI is InChI=1S/C21H23N3O4S2/c1-2-28-18-7-5-16(6-8-18)21-22-17(15-29-21)13-23-14-19(9-10-20(23)25)30(26,27)24-11-3-4-12-24/h5-10,14-15H,2-4,11-13H2,1H3. The molecule has 0 bridgehead atoms. The normalized spacial score (nSPS) is 14.8. The maximum absolute atomic E-state index is 12.8. The summed E-state index contributed by atoms with van der Waals surface area (Å²) in [6.07, 6.45) is 3.16. The fourth-order valence-electron chi connectivity index (χ4n) is 3.41. The molecule has 7 nitrogen and oxygen atoms in total. The van der Waals surface area contributed by atoms with Gasteiger partial charge in [-0.15, -0.1) is 11.3 Å². The Kier molecular flexibility index (Phi) is 6.03. The first-order chi connectivity index (χ1) is 14.5. The lowest BCUT2D eigenvalue weighted by Crippen LogP contribution is -2.29. The van der Waals surface area contributed by atoms with Crippen LogP contribution in [0.25, 0.3) is 10.6 Å². The van der Waals surface area contributed by atoms with E-state index in [1.165, 1.54) is 38.5 Å². The van der Waals surface area contributed by atoms with E-state index in [4.69, 9.17) is 4.74 Å². The summed E-state index contributed by atoms with van der Waals surface area (Å²) in [6, 6.07) is 10.4. The minimum atomic E-state index is -3.57. The monoisotopic (exact) mass is 445 g/mol. The van der Waals surface area contributed by atoms with Crippen LogP contribution in [0.15, 0.2) is 57.7 Å². The van der Waals surface area contributed by atoms with Crippen LogP contribution in [0.1, 0.15) is 25.5 Å². The maximum atomic E-state index is 12.8. The van der Waals surface area contributed by atoms with E-state index in [1.54, 1.807) is 0 Å². The second-order valence-electron chi connectivity index (χ2n) is 7.04. The first-order valence-electron chi connectivity index (χ1n) is 9.85. The van der Waals surface area contributed by atoms with Crippen molar-refractivity contribution in [1.82, 2.24) is 13.9 Å². The fourth-order valence-corrected chi connectivity index (χ4v) is 5.76. The average molecular weight is 446 g/mol.